The molecule has 14 heavy (non-hydrogen) atoms. The van der Waals surface area contributed by atoms with Crippen LogP contribution in [0.1, 0.15) is 43.4 Å². The molecular weight excluding hydrogens is 172 g/mol. The van der Waals surface area contributed by atoms with Gasteiger partial charge in [-0.25, -0.2) is 0 Å². The molecule has 2 nitrogen and oxygen atoms in total. The first-order chi connectivity index (χ1) is 6.83. The van der Waals surface area contributed by atoms with E-state index in [1.807, 2.05) is 12.1 Å². The van der Waals surface area contributed by atoms with E-state index in [9.17, 15) is 0 Å². The van der Waals surface area contributed by atoms with Gasteiger partial charge in [0.05, 0.1) is 5.56 Å². The second kappa shape index (κ2) is 3.79. The first kappa shape index (κ1) is 9.21. The lowest BCUT2D eigenvalue weighted by Crippen LogP contribution is -2.21. The van der Waals surface area contributed by atoms with Crippen molar-refractivity contribution in [3.05, 3.63) is 29.6 Å². The number of hydrogen-bond donors (Lipinski definition) is 0. The third-order valence-electron chi connectivity index (χ3n) is 3.15. The summed E-state index contributed by atoms with van der Waals surface area (Å²) in [6, 6.07) is 5.94. The highest BCUT2D eigenvalue weighted by molar-refractivity contribution is 5.27. The molecule has 0 atom stereocenters. The van der Waals surface area contributed by atoms with E-state index in [0.29, 0.717) is 11.5 Å². The second-order valence-electron chi connectivity index (χ2n) is 4.03. The van der Waals surface area contributed by atoms with Crippen LogP contribution in [0.3, 0.4) is 0 Å². The van der Waals surface area contributed by atoms with Crippen LogP contribution in [0.4, 0.5) is 0 Å². The molecule has 0 aromatic carbocycles. The molecule has 0 bridgehead atoms. The average Bonchev–Trinajstić information content (AvgIpc) is 2.17. The van der Waals surface area contributed by atoms with Crippen LogP contribution in [-0.4, -0.2) is 4.98 Å². The van der Waals surface area contributed by atoms with Gasteiger partial charge in [-0.15, -0.1) is 0 Å². The summed E-state index contributed by atoms with van der Waals surface area (Å²) in [6.45, 7) is 2.24. The molecule has 1 aliphatic carbocycles. The van der Waals surface area contributed by atoms with Crippen LogP contribution in [0.5, 0.6) is 0 Å². The maximum atomic E-state index is 8.63. The van der Waals surface area contributed by atoms with Gasteiger partial charge >= 0.3 is 0 Å². The van der Waals surface area contributed by atoms with Crippen LogP contribution < -0.4 is 0 Å². The molecule has 1 saturated carbocycles. The van der Waals surface area contributed by atoms with Gasteiger partial charge in [-0.3, -0.25) is 4.98 Å². The summed E-state index contributed by atoms with van der Waals surface area (Å²) in [5, 5.41) is 8.63. The second-order valence-corrected chi connectivity index (χ2v) is 4.03. The monoisotopic (exact) mass is 186 g/mol. The summed E-state index contributed by atoms with van der Waals surface area (Å²) in [5.74, 6) is 1.55. The SMILES string of the molecule is CCC1CC(c2ccc(C#N)cn2)C1. The van der Waals surface area contributed by atoms with Crippen LogP contribution >= 0.6 is 0 Å². The Kier molecular flexibility index (Phi) is 2.49. The maximum absolute atomic E-state index is 8.63. The fraction of sp³-hybridized carbons (Fsp3) is 0.500. The van der Waals surface area contributed by atoms with Crippen molar-refractivity contribution in [2.75, 3.05) is 0 Å². The highest BCUT2D eigenvalue weighted by Crippen LogP contribution is 2.42. The smallest absolute Gasteiger partial charge is 0.101 e. The zero-order valence-electron chi connectivity index (χ0n) is 8.40. The Morgan fingerprint density at radius 2 is 2.29 bits per heavy atom. The van der Waals surface area contributed by atoms with E-state index in [0.717, 1.165) is 11.6 Å². The van der Waals surface area contributed by atoms with Gasteiger partial charge in [-0.1, -0.05) is 13.3 Å². The van der Waals surface area contributed by atoms with E-state index < -0.39 is 0 Å². The molecule has 1 aromatic rings. The van der Waals surface area contributed by atoms with Crippen molar-refractivity contribution in [1.29, 1.82) is 5.26 Å². The molecule has 0 amide bonds. The Balaban J connectivity index is 2.02. The summed E-state index contributed by atoms with van der Waals surface area (Å²) in [7, 11) is 0. The van der Waals surface area contributed by atoms with E-state index in [1.165, 1.54) is 19.3 Å². The molecule has 1 heterocycles. The highest BCUT2D eigenvalue weighted by atomic mass is 14.7. The van der Waals surface area contributed by atoms with E-state index in [4.69, 9.17) is 5.26 Å². The van der Waals surface area contributed by atoms with E-state index in [2.05, 4.69) is 18.0 Å². The molecule has 0 aliphatic heterocycles. The largest absolute Gasteiger partial charge is 0.260 e. The maximum Gasteiger partial charge on any atom is 0.101 e. The molecule has 1 aromatic heterocycles. The van der Waals surface area contributed by atoms with Crippen LogP contribution in [0.25, 0.3) is 0 Å². The fourth-order valence-corrected chi connectivity index (χ4v) is 2.02. The molecule has 0 spiro atoms. The molecule has 2 heteroatoms. The van der Waals surface area contributed by atoms with Crippen molar-refractivity contribution >= 4 is 0 Å². The first-order valence-electron chi connectivity index (χ1n) is 5.19. The Labute approximate surface area is 84.6 Å². The van der Waals surface area contributed by atoms with Crippen LogP contribution in [-0.2, 0) is 0 Å². The van der Waals surface area contributed by atoms with Crippen molar-refractivity contribution in [1.82, 2.24) is 4.98 Å². The lowest BCUT2D eigenvalue weighted by atomic mass is 9.72. The molecule has 1 fully saturated rings. The molecule has 1 aliphatic rings. The summed E-state index contributed by atoms with van der Waals surface area (Å²) in [4.78, 5) is 4.32. The number of aromatic nitrogens is 1. The molecule has 0 unspecified atom stereocenters. The lowest BCUT2D eigenvalue weighted by molar-refractivity contribution is 0.252. The van der Waals surface area contributed by atoms with E-state index >= 15 is 0 Å². The quantitative estimate of drug-likeness (QED) is 0.712. The number of rotatable bonds is 2. The van der Waals surface area contributed by atoms with Gasteiger partial charge in [0.2, 0.25) is 0 Å². The van der Waals surface area contributed by atoms with E-state index in [-0.39, 0.29) is 0 Å². The molecule has 0 N–H and O–H groups in total. The Morgan fingerprint density at radius 1 is 1.50 bits per heavy atom. The standard InChI is InChI=1S/C12H14N2/c1-2-9-5-11(6-9)12-4-3-10(7-13)8-14-12/h3-4,8-9,11H,2,5-6H2,1H3. The van der Waals surface area contributed by atoms with Gasteiger partial charge in [-0.2, -0.15) is 5.26 Å². The minimum Gasteiger partial charge on any atom is -0.260 e. The normalized spacial score (nSPS) is 25.1. The summed E-state index contributed by atoms with van der Waals surface area (Å²) < 4.78 is 0. The lowest BCUT2D eigenvalue weighted by Gasteiger charge is -2.34. The van der Waals surface area contributed by atoms with Crippen molar-refractivity contribution < 1.29 is 0 Å². The van der Waals surface area contributed by atoms with Crippen LogP contribution in [0, 0.1) is 17.2 Å². The molecular formula is C12H14N2. The average molecular weight is 186 g/mol. The minimum atomic E-state index is 0.646. The van der Waals surface area contributed by atoms with Crippen LogP contribution in [0.15, 0.2) is 18.3 Å². The first-order valence-corrected chi connectivity index (χ1v) is 5.19. The number of nitriles is 1. The Bertz CT molecular complexity index is 342. The third-order valence-corrected chi connectivity index (χ3v) is 3.15. The van der Waals surface area contributed by atoms with Gasteiger partial charge in [0.25, 0.3) is 0 Å². The Hall–Kier alpha value is -1.36. The van der Waals surface area contributed by atoms with Crippen molar-refractivity contribution in [3.8, 4) is 6.07 Å². The predicted molar refractivity (Wildman–Crippen MR) is 54.7 cm³/mol. The van der Waals surface area contributed by atoms with Crippen molar-refractivity contribution in [2.24, 2.45) is 5.92 Å². The molecule has 2 rings (SSSR count). The van der Waals surface area contributed by atoms with Gasteiger partial charge in [0.15, 0.2) is 0 Å². The van der Waals surface area contributed by atoms with Crippen molar-refractivity contribution in [2.45, 2.75) is 32.1 Å². The summed E-state index contributed by atoms with van der Waals surface area (Å²) in [5.41, 5.74) is 1.81. The molecule has 0 radical (unpaired) electrons. The molecule has 72 valence electrons. The third kappa shape index (κ3) is 1.63. The number of pyridine rings is 1. The van der Waals surface area contributed by atoms with Gasteiger partial charge < -0.3 is 0 Å². The Morgan fingerprint density at radius 3 is 2.79 bits per heavy atom. The summed E-state index contributed by atoms with van der Waals surface area (Å²) >= 11 is 0. The number of nitrogens with zero attached hydrogens (tertiary/aromatic N) is 2. The predicted octanol–water partition coefficient (Wildman–Crippen LogP) is 2.86. The summed E-state index contributed by atoms with van der Waals surface area (Å²) in [6.07, 6.45) is 5.51. The minimum absolute atomic E-state index is 0.646. The van der Waals surface area contributed by atoms with Gasteiger partial charge in [-0.05, 0) is 30.9 Å². The van der Waals surface area contributed by atoms with Gasteiger partial charge in [0.1, 0.15) is 6.07 Å². The van der Waals surface area contributed by atoms with Crippen LogP contribution in [0.2, 0.25) is 0 Å². The van der Waals surface area contributed by atoms with Crippen molar-refractivity contribution in [3.63, 3.8) is 0 Å². The van der Waals surface area contributed by atoms with Gasteiger partial charge in [0, 0.05) is 17.8 Å². The van der Waals surface area contributed by atoms with E-state index in [1.54, 1.807) is 6.20 Å². The topological polar surface area (TPSA) is 36.7 Å². The zero-order chi connectivity index (χ0) is 9.97. The highest BCUT2D eigenvalue weighted by Gasteiger charge is 2.29. The zero-order valence-corrected chi connectivity index (χ0v) is 8.40. The molecule has 0 saturated heterocycles. The fourth-order valence-electron chi connectivity index (χ4n) is 2.02. The number of hydrogen-bond acceptors (Lipinski definition) is 2.